The third kappa shape index (κ3) is 5.79. The van der Waals surface area contributed by atoms with Crippen LogP contribution in [0.25, 0.3) is 11.1 Å². The van der Waals surface area contributed by atoms with Gasteiger partial charge in [-0.05, 0) is 100 Å². The van der Waals surface area contributed by atoms with Gasteiger partial charge in [-0.15, -0.1) is 0 Å². The largest absolute Gasteiger partial charge is 0.333 e. The number of fused-ring (bicyclic) bond motifs is 4. The molecule has 5 aromatic rings. The van der Waals surface area contributed by atoms with Crippen LogP contribution in [0.5, 0.6) is 0 Å². The summed E-state index contributed by atoms with van der Waals surface area (Å²) < 4.78 is 0. The van der Waals surface area contributed by atoms with E-state index in [2.05, 4.69) is 171 Å². The van der Waals surface area contributed by atoms with Crippen molar-refractivity contribution in [2.45, 2.75) is 56.4 Å². The lowest BCUT2D eigenvalue weighted by atomic mass is 9.81. The number of anilines is 2. The van der Waals surface area contributed by atoms with E-state index in [0.717, 1.165) is 36.1 Å². The zero-order chi connectivity index (χ0) is 34.2. The molecule has 0 N–H and O–H groups in total. The van der Waals surface area contributed by atoms with E-state index >= 15 is 0 Å². The first-order chi connectivity index (χ1) is 24.4. The summed E-state index contributed by atoms with van der Waals surface area (Å²) in [6.07, 6.45) is 14.2. The van der Waals surface area contributed by atoms with Crippen molar-refractivity contribution in [3.63, 3.8) is 0 Å². The number of allylic oxidation sites excluding steroid dienone is 6. The fraction of sp³-hybridized carbons (Fsp3) is 0.188. The van der Waals surface area contributed by atoms with Crippen molar-refractivity contribution >= 4 is 22.5 Å². The van der Waals surface area contributed by atoms with E-state index in [9.17, 15) is 0 Å². The van der Waals surface area contributed by atoms with Crippen molar-refractivity contribution in [1.82, 2.24) is 4.98 Å². The Balaban J connectivity index is 1.03. The summed E-state index contributed by atoms with van der Waals surface area (Å²) in [5.74, 6) is 0.629. The van der Waals surface area contributed by atoms with Crippen LogP contribution in [-0.2, 0) is 11.8 Å². The van der Waals surface area contributed by atoms with Crippen LogP contribution in [-0.4, -0.2) is 11.0 Å². The average Bonchev–Trinajstić information content (AvgIpc) is 3.58. The van der Waals surface area contributed by atoms with Gasteiger partial charge in [0, 0.05) is 34.6 Å². The van der Waals surface area contributed by atoms with E-state index in [-0.39, 0.29) is 11.5 Å². The van der Waals surface area contributed by atoms with Crippen LogP contribution in [0.2, 0.25) is 0 Å². The number of hydrogen-bond acceptors (Lipinski definition) is 2. The Morgan fingerprint density at radius 3 is 2.38 bits per heavy atom. The lowest BCUT2D eigenvalue weighted by Crippen LogP contribution is -2.28. The topological polar surface area (TPSA) is 16.1 Å². The Bertz CT molecular complexity index is 2150. The number of rotatable bonds is 9. The maximum Gasteiger partial charge on any atom is 0.0630 e. The highest BCUT2D eigenvalue weighted by Gasteiger charge is 2.38. The minimum Gasteiger partial charge on any atom is -0.333 e. The van der Waals surface area contributed by atoms with E-state index in [4.69, 9.17) is 4.98 Å². The van der Waals surface area contributed by atoms with Crippen LogP contribution >= 0.6 is 0 Å². The van der Waals surface area contributed by atoms with Crippen molar-refractivity contribution < 1.29 is 0 Å². The third-order valence-corrected chi connectivity index (χ3v) is 11.1. The molecule has 0 spiro atoms. The van der Waals surface area contributed by atoms with Crippen molar-refractivity contribution in [2.75, 3.05) is 4.90 Å². The monoisotopic (exact) mass is 648 g/mol. The van der Waals surface area contributed by atoms with Crippen LogP contribution in [0.15, 0.2) is 176 Å². The summed E-state index contributed by atoms with van der Waals surface area (Å²) in [5, 5.41) is 0. The summed E-state index contributed by atoms with van der Waals surface area (Å²) in [5.41, 5.74) is 15.0. The first-order valence-electron chi connectivity index (χ1n) is 17.9. The molecule has 8 rings (SSSR count). The molecule has 1 aliphatic heterocycles. The summed E-state index contributed by atoms with van der Waals surface area (Å²) in [4.78, 5) is 7.19. The molecular weight excluding hydrogens is 605 g/mol. The molecule has 0 bridgehead atoms. The fourth-order valence-corrected chi connectivity index (χ4v) is 8.40. The van der Waals surface area contributed by atoms with Gasteiger partial charge in [-0.1, -0.05) is 148 Å². The van der Waals surface area contributed by atoms with E-state index in [1.165, 1.54) is 50.3 Å². The Hall–Kier alpha value is -5.47. The molecule has 2 nitrogen and oxygen atoms in total. The van der Waals surface area contributed by atoms with E-state index in [0.29, 0.717) is 11.8 Å². The molecule has 0 saturated carbocycles. The van der Waals surface area contributed by atoms with Gasteiger partial charge in [0.2, 0.25) is 0 Å². The minimum absolute atomic E-state index is 0.0809. The molecule has 2 heterocycles. The molecule has 3 unspecified atom stereocenters. The Morgan fingerprint density at radius 2 is 1.60 bits per heavy atom. The Kier molecular flexibility index (Phi) is 8.32. The van der Waals surface area contributed by atoms with E-state index < -0.39 is 0 Å². The summed E-state index contributed by atoms with van der Waals surface area (Å²) >= 11 is 0. The van der Waals surface area contributed by atoms with Gasteiger partial charge in [-0.2, -0.15) is 0 Å². The summed E-state index contributed by atoms with van der Waals surface area (Å²) in [7, 11) is 0. The standard InChI is InChI=1S/C48H44N2/c1-33(30-45-34(2)41-17-8-10-19-44(41)48(45,3)4)21-22-37(31-39-14-12-13-29-49-39)35-23-25-36(26-24-35)38-27-28-47-43(32-38)42-18-9-11-20-46(42)50(47)40-15-6-5-7-16-40/h5-20,23-30,32,37,43,47H,1-2,21-22,31H2,3-4H3/b45-30+. The number of nitrogens with zero attached hydrogens (tertiary/aromatic N) is 2. The number of pyridine rings is 1. The Morgan fingerprint density at radius 1 is 0.860 bits per heavy atom. The van der Waals surface area contributed by atoms with Gasteiger partial charge in [-0.25, -0.2) is 0 Å². The Labute approximate surface area is 297 Å². The number of aromatic nitrogens is 1. The van der Waals surface area contributed by atoms with Gasteiger partial charge in [0.1, 0.15) is 0 Å². The van der Waals surface area contributed by atoms with Gasteiger partial charge >= 0.3 is 0 Å². The lowest BCUT2D eigenvalue weighted by molar-refractivity contribution is 0.613. The molecule has 3 aliphatic rings. The van der Waals surface area contributed by atoms with Crippen LogP contribution in [0.1, 0.15) is 72.0 Å². The van der Waals surface area contributed by atoms with Crippen molar-refractivity contribution in [3.8, 4) is 0 Å². The summed E-state index contributed by atoms with van der Waals surface area (Å²) in [6, 6.07) is 44.1. The number of hydrogen-bond donors (Lipinski definition) is 0. The predicted octanol–water partition coefficient (Wildman–Crippen LogP) is 11.9. The van der Waals surface area contributed by atoms with Crippen LogP contribution in [0.4, 0.5) is 11.4 Å². The molecule has 50 heavy (non-hydrogen) atoms. The first kappa shape index (κ1) is 31.8. The number of benzene rings is 4. The molecule has 4 aromatic carbocycles. The second-order valence-corrected chi connectivity index (χ2v) is 14.5. The molecule has 3 atom stereocenters. The zero-order valence-electron chi connectivity index (χ0n) is 29.1. The van der Waals surface area contributed by atoms with Crippen molar-refractivity contribution in [2.24, 2.45) is 0 Å². The molecule has 1 aromatic heterocycles. The molecular formula is C48H44N2. The lowest BCUT2D eigenvalue weighted by Gasteiger charge is -2.29. The van der Waals surface area contributed by atoms with E-state index in [1.54, 1.807) is 0 Å². The smallest absolute Gasteiger partial charge is 0.0630 e. The second-order valence-electron chi connectivity index (χ2n) is 14.5. The van der Waals surface area contributed by atoms with Gasteiger partial charge in [0.05, 0.1) is 6.04 Å². The van der Waals surface area contributed by atoms with Crippen molar-refractivity contribution in [1.29, 1.82) is 0 Å². The SMILES string of the molecule is C=C(/C=C1\C(=C)c2ccccc2C1(C)C)CCC(Cc1ccccn1)c1ccc(C2=CC3c4ccccc4N(c4ccccc4)C3C=C2)cc1. The van der Waals surface area contributed by atoms with Gasteiger partial charge in [-0.3, -0.25) is 4.98 Å². The molecule has 0 radical (unpaired) electrons. The highest BCUT2D eigenvalue weighted by Crippen LogP contribution is 2.50. The average molecular weight is 649 g/mol. The molecule has 0 saturated heterocycles. The zero-order valence-corrected chi connectivity index (χ0v) is 29.1. The normalized spacial score (nSPS) is 19.9. The van der Waals surface area contributed by atoms with Crippen LogP contribution in [0.3, 0.4) is 0 Å². The van der Waals surface area contributed by atoms with Gasteiger partial charge in [0.25, 0.3) is 0 Å². The molecule has 246 valence electrons. The maximum atomic E-state index is 4.71. The first-order valence-corrected chi connectivity index (χ1v) is 17.9. The highest BCUT2D eigenvalue weighted by atomic mass is 15.2. The number of para-hydroxylation sites is 2. The minimum atomic E-state index is -0.0809. The molecule has 2 aliphatic carbocycles. The predicted molar refractivity (Wildman–Crippen MR) is 211 cm³/mol. The van der Waals surface area contributed by atoms with Crippen LogP contribution < -0.4 is 4.90 Å². The fourth-order valence-electron chi connectivity index (χ4n) is 8.40. The third-order valence-electron chi connectivity index (χ3n) is 11.1. The molecule has 0 amide bonds. The van der Waals surface area contributed by atoms with Crippen molar-refractivity contribution in [3.05, 3.63) is 210 Å². The van der Waals surface area contributed by atoms with Crippen LogP contribution in [0, 0.1) is 0 Å². The van der Waals surface area contributed by atoms with E-state index in [1.807, 2.05) is 12.3 Å². The maximum absolute atomic E-state index is 4.71. The quantitative estimate of drug-likeness (QED) is 0.158. The highest BCUT2D eigenvalue weighted by molar-refractivity contribution is 5.89. The molecule has 2 heteroatoms. The van der Waals surface area contributed by atoms with Gasteiger partial charge in [0.15, 0.2) is 0 Å². The molecule has 0 fully saturated rings. The summed E-state index contributed by atoms with van der Waals surface area (Å²) in [6.45, 7) is 13.6. The van der Waals surface area contributed by atoms with Gasteiger partial charge < -0.3 is 4.90 Å². The second kappa shape index (κ2) is 13.1.